The summed E-state index contributed by atoms with van der Waals surface area (Å²) in [6.07, 6.45) is 1.59. The van der Waals surface area contributed by atoms with Crippen molar-refractivity contribution in [1.82, 2.24) is 10.3 Å². The number of amidine groups is 1. The van der Waals surface area contributed by atoms with Crippen molar-refractivity contribution >= 4 is 11.7 Å². The number of aliphatic imine (C=N–C) groups is 1. The van der Waals surface area contributed by atoms with Gasteiger partial charge in [0.15, 0.2) is 0 Å². The Labute approximate surface area is 141 Å². The van der Waals surface area contributed by atoms with Crippen LogP contribution in [0.2, 0.25) is 0 Å². The van der Waals surface area contributed by atoms with Crippen LogP contribution in [0.15, 0.2) is 47.6 Å². The second-order valence-corrected chi connectivity index (χ2v) is 6.49. The smallest absolute Gasteiger partial charge is 0.140 e. The number of nitrogens with zero attached hydrogens (tertiary/aromatic N) is 3. The summed E-state index contributed by atoms with van der Waals surface area (Å²) in [4.78, 5) is 11.3. The average Bonchev–Trinajstić information content (AvgIpc) is 3.23. The average molecular weight is 324 g/mol. The van der Waals surface area contributed by atoms with Crippen LogP contribution < -0.4 is 10.2 Å². The number of anilines is 1. The number of halogens is 1. The normalized spacial score (nSPS) is 23.2. The van der Waals surface area contributed by atoms with E-state index >= 15 is 0 Å². The molecule has 1 saturated heterocycles. The fraction of sp³-hybridized carbons (Fsp3) is 0.368. The Hall–Kier alpha value is -2.43. The quantitative estimate of drug-likeness (QED) is 0.943. The summed E-state index contributed by atoms with van der Waals surface area (Å²) in [5.74, 6) is 1.70. The van der Waals surface area contributed by atoms with E-state index in [2.05, 4.69) is 34.3 Å². The molecule has 4 nitrogen and oxygen atoms in total. The van der Waals surface area contributed by atoms with Gasteiger partial charge in [0.05, 0.1) is 18.7 Å². The topological polar surface area (TPSA) is 40.5 Å². The molecule has 0 amide bonds. The molecular weight excluding hydrogens is 303 g/mol. The van der Waals surface area contributed by atoms with Crippen molar-refractivity contribution in [2.24, 2.45) is 4.99 Å². The second kappa shape index (κ2) is 6.23. The van der Waals surface area contributed by atoms with Gasteiger partial charge in [-0.2, -0.15) is 0 Å². The summed E-state index contributed by atoms with van der Waals surface area (Å²) in [5, 5.41) is 3.44. The molecule has 124 valence electrons. The summed E-state index contributed by atoms with van der Waals surface area (Å²) in [5.41, 5.74) is 3.20. The number of pyridine rings is 1. The molecule has 2 unspecified atom stereocenters. The van der Waals surface area contributed by atoms with Crippen LogP contribution in [0.1, 0.15) is 18.9 Å². The van der Waals surface area contributed by atoms with Crippen LogP contribution in [-0.4, -0.2) is 42.7 Å². The molecule has 1 aromatic carbocycles. The van der Waals surface area contributed by atoms with Gasteiger partial charge in [0, 0.05) is 18.8 Å². The van der Waals surface area contributed by atoms with Crippen LogP contribution >= 0.6 is 0 Å². The molecule has 1 fully saturated rings. The van der Waals surface area contributed by atoms with Crippen molar-refractivity contribution < 1.29 is 4.39 Å². The Morgan fingerprint density at radius 3 is 2.71 bits per heavy atom. The van der Waals surface area contributed by atoms with Gasteiger partial charge in [-0.05, 0) is 30.5 Å². The first-order valence-corrected chi connectivity index (χ1v) is 8.47. The lowest BCUT2D eigenvalue weighted by atomic mass is 9.99. The van der Waals surface area contributed by atoms with Gasteiger partial charge < -0.3 is 10.2 Å². The lowest BCUT2D eigenvalue weighted by Crippen LogP contribution is -2.31. The number of alkyl halides is 1. The molecule has 2 aliphatic rings. The molecule has 0 saturated carbocycles. The Kier molecular flexibility index (Phi) is 3.92. The Morgan fingerprint density at radius 1 is 1.21 bits per heavy atom. The third-order valence-corrected chi connectivity index (χ3v) is 4.59. The minimum Gasteiger partial charge on any atom is -0.365 e. The molecule has 1 aromatic heterocycles. The number of hydrogen-bond acceptors (Lipinski definition) is 4. The molecule has 0 bridgehead atoms. The third-order valence-electron chi connectivity index (χ3n) is 4.59. The highest BCUT2D eigenvalue weighted by Gasteiger charge is 2.29. The maximum absolute atomic E-state index is 13.7. The molecule has 3 heterocycles. The predicted octanol–water partition coefficient (Wildman–Crippen LogP) is 3.04. The van der Waals surface area contributed by atoms with Gasteiger partial charge >= 0.3 is 0 Å². The number of aromatic nitrogens is 1. The van der Waals surface area contributed by atoms with Gasteiger partial charge in [0.1, 0.15) is 17.8 Å². The minimum atomic E-state index is -0.780. The zero-order valence-electron chi connectivity index (χ0n) is 13.7. The summed E-state index contributed by atoms with van der Waals surface area (Å²) < 4.78 is 13.7. The number of benzene rings is 1. The first-order chi connectivity index (χ1) is 11.7. The molecule has 24 heavy (non-hydrogen) atoms. The molecule has 5 heteroatoms. The minimum absolute atomic E-state index is 0.309. The van der Waals surface area contributed by atoms with Gasteiger partial charge in [-0.3, -0.25) is 4.99 Å². The van der Waals surface area contributed by atoms with Crippen LogP contribution in [0.4, 0.5) is 10.2 Å². The standard InChI is InChI=1S/C19H21FN4/c1-13-11-22-18(23-13)17-16(14-5-3-2-4-6-14)7-9-21-19(17)24-10-8-15(20)12-24/h2-7,9,13,15H,8,10-12H2,1H3,(H,22,23). The molecule has 4 rings (SSSR count). The summed E-state index contributed by atoms with van der Waals surface area (Å²) in [6.45, 7) is 3.97. The molecule has 0 spiro atoms. The van der Waals surface area contributed by atoms with Gasteiger partial charge in [-0.1, -0.05) is 30.3 Å². The molecule has 2 aliphatic heterocycles. The molecule has 2 atom stereocenters. The largest absolute Gasteiger partial charge is 0.365 e. The van der Waals surface area contributed by atoms with E-state index in [0.29, 0.717) is 25.6 Å². The Morgan fingerprint density at radius 2 is 2.04 bits per heavy atom. The van der Waals surface area contributed by atoms with Crippen molar-refractivity contribution in [2.75, 3.05) is 24.5 Å². The SMILES string of the molecule is CC1CN=C(c2c(-c3ccccc3)ccnc2N2CCC(F)C2)N1. The predicted molar refractivity (Wildman–Crippen MR) is 95.4 cm³/mol. The summed E-state index contributed by atoms with van der Waals surface area (Å²) in [6, 6.07) is 12.6. The highest BCUT2D eigenvalue weighted by atomic mass is 19.1. The monoisotopic (exact) mass is 324 g/mol. The van der Waals surface area contributed by atoms with Crippen molar-refractivity contribution in [3.63, 3.8) is 0 Å². The second-order valence-electron chi connectivity index (χ2n) is 6.49. The lowest BCUT2D eigenvalue weighted by Gasteiger charge is -2.22. The van der Waals surface area contributed by atoms with Crippen molar-refractivity contribution in [3.8, 4) is 11.1 Å². The van der Waals surface area contributed by atoms with E-state index in [1.807, 2.05) is 35.4 Å². The van der Waals surface area contributed by atoms with Gasteiger partial charge in [-0.15, -0.1) is 0 Å². The van der Waals surface area contributed by atoms with Crippen molar-refractivity contribution in [2.45, 2.75) is 25.6 Å². The van der Waals surface area contributed by atoms with Gasteiger partial charge in [-0.25, -0.2) is 9.37 Å². The van der Waals surface area contributed by atoms with Crippen molar-refractivity contribution in [3.05, 3.63) is 48.2 Å². The van der Waals surface area contributed by atoms with Crippen molar-refractivity contribution in [1.29, 1.82) is 0 Å². The fourth-order valence-corrected chi connectivity index (χ4v) is 3.40. The molecular formula is C19H21FN4. The van der Waals surface area contributed by atoms with E-state index in [4.69, 9.17) is 0 Å². The van der Waals surface area contributed by atoms with Crippen LogP contribution in [0, 0.1) is 0 Å². The molecule has 2 aromatic rings. The molecule has 0 radical (unpaired) electrons. The van der Waals surface area contributed by atoms with E-state index in [-0.39, 0.29) is 0 Å². The Bertz CT molecular complexity index is 759. The van der Waals surface area contributed by atoms with E-state index in [1.165, 1.54) is 0 Å². The third kappa shape index (κ3) is 2.75. The van der Waals surface area contributed by atoms with E-state index < -0.39 is 6.17 Å². The van der Waals surface area contributed by atoms with Gasteiger partial charge in [0.25, 0.3) is 0 Å². The van der Waals surface area contributed by atoms with E-state index in [0.717, 1.165) is 34.9 Å². The first-order valence-electron chi connectivity index (χ1n) is 8.47. The molecule has 1 N–H and O–H groups in total. The Balaban J connectivity index is 1.85. The number of hydrogen-bond donors (Lipinski definition) is 1. The highest BCUT2D eigenvalue weighted by Crippen LogP contribution is 2.32. The zero-order chi connectivity index (χ0) is 16.5. The number of rotatable bonds is 3. The highest BCUT2D eigenvalue weighted by molar-refractivity contribution is 6.09. The zero-order valence-corrected chi connectivity index (χ0v) is 13.7. The van der Waals surface area contributed by atoms with Crippen LogP contribution in [0.3, 0.4) is 0 Å². The van der Waals surface area contributed by atoms with Crippen LogP contribution in [0.5, 0.6) is 0 Å². The maximum Gasteiger partial charge on any atom is 0.140 e. The van der Waals surface area contributed by atoms with E-state index in [1.54, 1.807) is 0 Å². The van der Waals surface area contributed by atoms with E-state index in [9.17, 15) is 4.39 Å². The summed E-state index contributed by atoms with van der Waals surface area (Å²) in [7, 11) is 0. The van der Waals surface area contributed by atoms with Crippen LogP contribution in [0.25, 0.3) is 11.1 Å². The number of nitrogens with one attached hydrogen (secondary N) is 1. The van der Waals surface area contributed by atoms with Crippen LogP contribution in [-0.2, 0) is 0 Å². The lowest BCUT2D eigenvalue weighted by molar-refractivity contribution is 0.364. The fourth-order valence-electron chi connectivity index (χ4n) is 3.40. The maximum atomic E-state index is 13.7. The summed E-state index contributed by atoms with van der Waals surface area (Å²) >= 11 is 0. The molecule has 0 aliphatic carbocycles. The first kappa shape index (κ1) is 15.1. The van der Waals surface area contributed by atoms with Gasteiger partial charge in [0.2, 0.25) is 0 Å².